The van der Waals surface area contributed by atoms with Crippen LogP contribution in [0, 0.1) is 5.92 Å². The molecule has 3 atom stereocenters. The van der Waals surface area contributed by atoms with E-state index in [1.165, 1.54) is 0 Å². The molecule has 32 heavy (non-hydrogen) atoms. The van der Waals surface area contributed by atoms with Crippen molar-refractivity contribution >= 4 is 29.7 Å². The number of hydrogen-bond acceptors (Lipinski definition) is 7. The van der Waals surface area contributed by atoms with E-state index < -0.39 is 42.1 Å². The number of esters is 2. The van der Waals surface area contributed by atoms with Crippen molar-refractivity contribution in [1.82, 2.24) is 10.6 Å². The molecule has 1 aromatic rings. The van der Waals surface area contributed by atoms with Gasteiger partial charge in [0.15, 0.2) is 0 Å². The van der Waals surface area contributed by atoms with E-state index in [1.54, 1.807) is 13.8 Å². The van der Waals surface area contributed by atoms with Crippen LogP contribution in [0.3, 0.4) is 0 Å². The minimum atomic E-state index is -1.49. The van der Waals surface area contributed by atoms with E-state index >= 15 is 0 Å². The standard InChI is InChI=1S/C22H31N3O7/c1-4-31-19(28)13-16(22(30)32-5-2)20(21(23)29)25-18(27)12-11-17(26)24-14(3)15-9-7-6-8-10-15/h6-10,14,16,20H,4-5,11-13H2,1-3H3,(H2,23,29)(H,24,26)(H,25,27)/t14-,16-,20+/m1/s1. The molecule has 0 unspecified atom stereocenters. The maximum atomic E-state index is 12.3. The summed E-state index contributed by atoms with van der Waals surface area (Å²) >= 11 is 0. The Bertz CT molecular complexity index is 798. The van der Waals surface area contributed by atoms with Crippen molar-refractivity contribution in [2.75, 3.05) is 13.2 Å². The van der Waals surface area contributed by atoms with Crippen LogP contribution in [-0.2, 0) is 33.4 Å². The average Bonchev–Trinajstić information content (AvgIpc) is 2.75. The molecule has 0 aliphatic rings. The van der Waals surface area contributed by atoms with E-state index in [2.05, 4.69) is 10.6 Å². The van der Waals surface area contributed by atoms with Crippen LogP contribution >= 0.6 is 0 Å². The molecule has 176 valence electrons. The Labute approximate surface area is 187 Å². The lowest BCUT2D eigenvalue weighted by Crippen LogP contribution is -2.52. The van der Waals surface area contributed by atoms with Gasteiger partial charge in [0.1, 0.15) is 6.04 Å². The van der Waals surface area contributed by atoms with Gasteiger partial charge >= 0.3 is 11.9 Å². The molecule has 1 rings (SSSR count). The molecule has 0 bridgehead atoms. The molecular weight excluding hydrogens is 418 g/mol. The molecule has 0 saturated carbocycles. The Morgan fingerprint density at radius 2 is 1.47 bits per heavy atom. The predicted octanol–water partition coefficient (Wildman–Crippen LogP) is 0.747. The van der Waals surface area contributed by atoms with Crippen LogP contribution in [0.1, 0.15) is 51.6 Å². The van der Waals surface area contributed by atoms with Crippen molar-refractivity contribution in [3.05, 3.63) is 35.9 Å². The zero-order valence-electron chi connectivity index (χ0n) is 18.6. The van der Waals surface area contributed by atoms with Gasteiger partial charge in [0.05, 0.1) is 31.6 Å². The van der Waals surface area contributed by atoms with Crippen LogP contribution in [0.4, 0.5) is 0 Å². The molecule has 0 aliphatic heterocycles. The van der Waals surface area contributed by atoms with Crippen molar-refractivity contribution in [2.45, 2.75) is 52.1 Å². The average molecular weight is 450 g/mol. The number of ether oxygens (including phenoxy) is 2. The first-order valence-corrected chi connectivity index (χ1v) is 10.4. The maximum Gasteiger partial charge on any atom is 0.312 e. The highest BCUT2D eigenvalue weighted by Gasteiger charge is 2.37. The van der Waals surface area contributed by atoms with Crippen molar-refractivity contribution < 1.29 is 33.4 Å². The molecule has 0 heterocycles. The summed E-state index contributed by atoms with van der Waals surface area (Å²) in [4.78, 5) is 60.6. The summed E-state index contributed by atoms with van der Waals surface area (Å²) in [5.41, 5.74) is 6.28. The van der Waals surface area contributed by atoms with Gasteiger partial charge in [0.25, 0.3) is 0 Å². The highest BCUT2D eigenvalue weighted by molar-refractivity contribution is 5.93. The van der Waals surface area contributed by atoms with Crippen LogP contribution in [0.25, 0.3) is 0 Å². The summed E-state index contributed by atoms with van der Waals surface area (Å²) in [6.45, 7) is 5.06. The minimum Gasteiger partial charge on any atom is -0.466 e. The van der Waals surface area contributed by atoms with Crippen molar-refractivity contribution in [3.8, 4) is 0 Å². The van der Waals surface area contributed by atoms with Gasteiger partial charge in [-0.3, -0.25) is 24.0 Å². The van der Waals surface area contributed by atoms with E-state index in [0.717, 1.165) is 5.56 Å². The van der Waals surface area contributed by atoms with Gasteiger partial charge in [-0.1, -0.05) is 30.3 Å². The molecular formula is C22H31N3O7. The fraction of sp³-hybridized carbons (Fsp3) is 0.500. The first-order chi connectivity index (χ1) is 15.2. The smallest absolute Gasteiger partial charge is 0.312 e. The number of rotatable bonds is 13. The lowest BCUT2D eigenvalue weighted by molar-refractivity contribution is -0.157. The maximum absolute atomic E-state index is 12.3. The van der Waals surface area contributed by atoms with Gasteiger partial charge in [0, 0.05) is 12.8 Å². The number of nitrogens with two attached hydrogens (primary N) is 1. The number of benzene rings is 1. The lowest BCUT2D eigenvalue weighted by Gasteiger charge is -2.23. The largest absolute Gasteiger partial charge is 0.466 e. The second-order valence-electron chi connectivity index (χ2n) is 7.02. The number of primary amides is 1. The van der Waals surface area contributed by atoms with Crippen molar-refractivity contribution in [3.63, 3.8) is 0 Å². The summed E-state index contributed by atoms with van der Waals surface area (Å²) in [7, 11) is 0. The van der Waals surface area contributed by atoms with Gasteiger partial charge in [-0.2, -0.15) is 0 Å². The summed E-state index contributed by atoms with van der Waals surface area (Å²) in [6.07, 6.45) is -0.877. The zero-order chi connectivity index (χ0) is 24.1. The normalized spacial score (nSPS) is 13.2. The summed E-state index contributed by atoms with van der Waals surface area (Å²) in [5, 5.41) is 5.12. The number of nitrogens with one attached hydrogen (secondary N) is 2. The number of carbonyl (C=O) groups excluding carboxylic acids is 5. The first kappa shape index (κ1) is 26.6. The Kier molecular flexibility index (Phi) is 11.5. The Morgan fingerprint density at radius 1 is 0.906 bits per heavy atom. The summed E-state index contributed by atoms with van der Waals surface area (Å²) < 4.78 is 9.73. The molecule has 4 N–H and O–H groups in total. The van der Waals surface area contributed by atoms with Crippen LogP contribution in [-0.4, -0.2) is 48.9 Å². The molecule has 1 aromatic carbocycles. The minimum absolute atomic E-state index is 0.0113. The molecule has 3 amide bonds. The van der Waals surface area contributed by atoms with Crippen molar-refractivity contribution in [1.29, 1.82) is 0 Å². The Balaban J connectivity index is 2.72. The van der Waals surface area contributed by atoms with Gasteiger partial charge in [-0.25, -0.2) is 0 Å². The molecule has 0 aromatic heterocycles. The molecule has 10 heteroatoms. The van der Waals surface area contributed by atoms with Gasteiger partial charge in [-0.15, -0.1) is 0 Å². The molecule has 0 saturated heterocycles. The van der Waals surface area contributed by atoms with Crippen LogP contribution in [0.2, 0.25) is 0 Å². The summed E-state index contributed by atoms with van der Waals surface area (Å²) in [5.74, 6) is -4.99. The molecule has 0 fully saturated rings. The first-order valence-electron chi connectivity index (χ1n) is 10.4. The van der Waals surface area contributed by atoms with E-state index in [-0.39, 0.29) is 38.0 Å². The van der Waals surface area contributed by atoms with Gasteiger partial charge < -0.3 is 25.8 Å². The highest BCUT2D eigenvalue weighted by Crippen LogP contribution is 2.15. The third-order valence-electron chi connectivity index (χ3n) is 4.56. The molecule has 0 radical (unpaired) electrons. The predicted molar refractivity (Wildman–Crippen MR) is 115 cm³/mol. The lowest BCUT2D eigenvalue weighted by atomic mass is 9.95. The fourth-order valence-corrected chi connectivity index (χ4v) is 2.97. The quantitative estimate of drug-likeness (QED) is 0.375. The monoisotopic (exact) mass is 449 g/mol. The number of amides is 3. The van der Waals surface area contributed by atoms with E-state index in [9.17, 15) is 24.0 Å². The van der Waals surface area contributed by atoms with Crippen LogP contribution in [0.5, 0.6) is 0 Å². The summed E-state index contributed by atoms with van der Waals surface area (Å²) in [6, 6.07) is 7.57. The fourth-order valence-electron chi connectivity index (χ4n) is 2.97. The van der Waals surface area contributed by atoms with E-state index in [1.807, 2.05) is 37.3 Å². The topological polar surface area (TPSA) is 154 Å². The van der Waals surface area contributed by atoms with Gasteiger partial charge in [-0.05, 0) is 26.3 Å². The number of carbonyl (C=O) groups is 5. The Morgan fingerprint density at radius 3 is 2.00 bits per heavy atom. The van der Waals surface area contributed by atoms with E-state index in [4.69, 9.17) is 15.2 Å². The number of hydrogen-bond donors (Lipinski definition) is 3. The molecule has 10 nitrogen and oxygen atoms in total. The second-order valence-corrected chi connectivity index (χ2v) is 7.02. The highest BCUT2D eigenvalue weighted by atomic mass is 16.5. The zero-order valence-corrected chi connectivity index (χ0v) is 18.6. The van der Waals surface area contributed by atoms with E-state index in [0.29, 0.717) is 0 Å². The Hall–Kier alpha value is -3.43. The SMILES string of the molecule is CCOC(=O)C[C@@H](C(=O)OCC)[C@H](NC(=O)CCC(=O)N[C@H](C)c1ccccc1)C(N)=O. The van der Waals surface area contributed by atoms with Crippen molar-refractivity contribution in [2.24, 2.45) is 11.7 Å². The third-order valence-corrected chi connectivity index (χ3v) is 4.56. The second kappa shape index (κ2) is 13.8. The van der Waals surface area contributed by atoms with Crippen LogP contribution in [0.15, 0.2) is 30.3 Å². The molecule has 0 spiro atoms. The van der Waals surface area contributed by atoms with Gasteiger partial charge in [0.2, 0.25) is 17.7 Å². The molecule has 0 aliphatic carbocycles. The van der Waals surface area contributed by atoms with Crippen LogP contribution < -0.4 is 16.4 Å². The third kappa shape index (κ3) is 9.15.